The lowest BCUT2D eigenvalue weighted by molar-refractivity contribution is 0.0921. The van der Waals surface area contributed by atoms with Gasteiger partial charge in [0.25, 0.3) is 0 Å². The molecule has 2 N–H and O–H groups in total. The van der Waals surface area contributed by atoms with Crippen molar-refractivity contribution in [3.05, 3.63) is 29.6 Å². The third-order valence-corrected chi connectivity index (χ3v) is 2.58. The van der Waals surface area contributed by atoms with Crippen LogP contribution in [0.3, 0.4) is 0 Å². The molecule has 3 nitrogen and oxygen atoms in total. The summed E-state index contributed by atoms with van der Waals surface area (Å²) >= 11 is 0. The predicted octanol–water partition coefficient (Wildman–Crippen LogP) is 2.00. The van der Waals surface area contributed by atoms with Crippen molar-refractivity contribution in [2.45, 2.75) is 13.3 Å². The van der Waals surface area contributed by atoms with Crippen LogP contribution in [0.1, 0.15) is 23.7 Å². The third-order valence-electron chi connectivity index (χ3n) is 2.58. The molecule has 0 bridgehead atoms. The van der Waals surface area contributed by atoms with Crippen molar-refractivity contribution < 1.29 is 13.9 Å². The molecule has 0 aromatic heterocycles. The largest absolute Gasteiger partial charge is 0.494 e. The Bertz CT molecular complexity index is 375. The summed E-state index contributed by atoms with van der Waals surface area (Å²) < 4.78 is 18.2. The Morgan fingerprint density at radius 3 is 2.69 bits per heavy atom. The molecule has 1 atom stereocenters. The standard InChI is InChI=1S/C12H16FNO2/c1-3-8(7-14)12(15)9-4-5-11(16-2)10(13)6-9/h4-6,8H,3,7,14H2,1-2H3. The van der Waals surface area contributed by atoms with Crippen molar-refractivity contribution in [2.75, 3.05) is 13.7 Å². The number of rotatable bonds is 5. The molecule has 0 heterocycles. The lowest BCUT2D eigenvalue weighted by Crippen LogP contribution is -2.23. The molecule has 0 amide bonds. The molecule has 1 aromatic rings. The number of Topliss-reactive ketones (excluding diaryl/α,β-unsaturated/α-hetero) is 1. The summed E-state index contributed by atoms with van der Waals surface area (Å²) in [4.78, 5) is 11.9. The van der Waals surface area contributed by atoms with E-state index in [9.17, 15) is 9.18 Å². The highest BCUT2D eigenvalue weighted by atomic mass is 19.1. The van der Waals surface area contributed by atoms with Crippen LogP contribution in [0.5, 0.6) is 5.75 Å². The summed E-state index contributed by atoms with van der Waals surface area (Å²) in [5.41, 5.74) is 5.82. The Labute approximate surface area is 94.4 Å². The number of ether oxygens (including phenoxy) is 1. The van der Waals surface area contributed by atoms with Crippen molar-refractivity contribution >= 4 is 5.78 Å². The number of nitrogens with two attached hydrogens (primary N) is 1. The summed E-state index contributed by atoms with van der Waals surface area (Å²) in [6, 6.07) is 4.20. The predicted molar refractivity (Wildman–Crippen MR) is 60.1 cm³/mol. The smallest absolute Gasteiger partial charge is 0.167 e. The monoisotopic (exact) mass is 225 g/mol. The molecule has 0 spiro atoms. The Kier molecular flexibility index (Phi) is 4.43. The molecule has 88 valence electrons. The first-order chi connectivity index (χ1) is 7.63. The van der Waals surface area contributed by atoms with Gasteiger partial charge in [-0.15, -0.1) is 0 Å². The fourth-order valence-electron chi connectivity index (χ4n) is 1.51. The van der Waals surface area contributed by atoms with Crippen LogP contribution < -0.4 is 10.5 Å². The van der Waals surface area contributed by atoms with E-state index in [4.69, 9.17) is 10.5 Å². The minimum absolute atomic E-state index is 0.119. The van der Waals surface area contributed by atoms with E-state index in [1.807, 2.05) is 6.92 Å². The number of carbonyl (C=O) groups excluding carboxylic acids is 1. The normalized spacial score (nSPS) is 12.2. The average Bonchev–Trinajstić information content (AvgIpc) is 2.30. The summed E-state index contributed by atoms with van der Waals surface area (Å²) in [6.07, 6.45) is 0.656. The van der Waals surface area contributed by atoms with Gasteiger partial charge < -0.3 is 10.5 Å². The van der Waals surface area contributed by atoms with Crippen molar-refractivity contribution in [1.29, 1.82) is 0 Å². The molecule has 0 aliphatic heterocycles. The Morgan fingerprint density at radius 2 is 2.25 bits per heavy atom. The van der Waals surface area contributed by atoms with Crippen LogP contribution >= 0.6 is 0 Å². The van der Waals surface area contributed by atoms with Gasteiger partial charge in [0.15, 0.2) is 17.3 Å². The summed E-state index contributed by atoms with van der Waals surface area (Å²) in [5.74, 6) is -0.753. The number of methoxy groups -OCH3 is 1. The molecule has 4 heteroatoms. The number of ketones is 1. The van der Waals surface area contributed by atoms with Gasteiger partial charge in [-0.2, -0.15) is 0 Å². The van der Waals surface area contributed by atoms with Crippen LogP contribution in [0.25, 0.3) is 0 Å². The van der Waals surface area contributed by atoms with Gasteiger partial charge in [-0.05, 0) is 24.6 Å². The van der Waals surface area contributed by atoms with Crippen LogP contribution in [0.2, 0.25) is 0 Å². The summed E-state index contributed by atoms with van der Waals surface area (Å²) in [6.45, 7) is 2.16. The molecular weight excluding hydrogens is 209 g/mol. The maximum atomic E-state index is 13.4. The van der Waals surface area contributed by atoms with Crippen LogP contribution in [-0.2, 0) is 0 Å². The average molecular weight is 225 g/mol. The number of hydrogen-bond acceptors (Lipinski definition) is 3. The van der Waals surface area contributed by atoms with Gasteiger partial charge in [0.1, 0.15) is 0 Å². The molecule has 0 aliphatic rings. The third kappa shape index (κ3) is 2.58. The zero-order chi connectivity index (χ0) is 12.1. The van der Waals surface area contributed by atoms with Crippen molar-refractivity contribution in [2.24, 2.45) is 11.7 Å². The first-order valence-electron chi connectivity index (χ1n) is 5.21. The Balaban J connectivity index is 2.96. The van der Waals surface area contributed by atoms with Gasteiger partial charge in [-0.25, -0.2) is 4.39 Å². The zero-order valence-corrected chi connectivity index (χ0v) is 9.50. The maximum Gasteiger partial charge on any atom is 0.167 e. The van der Waals surface area contributed by atoms with Crippen LogP contribution in [0, 0.1) is 11.7 Å². The number of benzene rings is 1. The second-order valence-electron chi connectivity index (χ2n) is 3.55. The number of carbonyl (C=O) groups is 1. The summed E-state index contributed by atoms with van der Waals surface area (Å²) in [5, 5.41) is 0. The Morgan fingerprint density at radius 1 is 1.56 bits per heavy atom. The number of hydrogen-bond donors (Lipinski definition) is 1. The first-order valence-corrected chi connectivity index (χ1v) is 5.21. The molecule has 16 heavy (non-hydrogen) atoms. The fraction of sp³-hybridized carbons (Fsp3) is 0.417. The van der Waals surface area contributed by atoms with Gasteiger partial charge in [0.2, 0.25) is 0 Å². The second-order valence-corrected chi connectivity index (χ2v) is 3.55. The van der Waals surface area contributed by atoms with Gasteiger partial charge >= 0.3 is 0 Å². The van der Waals surface area contributed by atoms with Crippen molar-refractivity contribution in [3.8, 4) is 5.75 Å². The van der Waals surface area contributed by atoms with E-state index >= 15 is 0 Å². The molecule has 0 saturated heterocycles. The zero-order valence-electron chi connectivity index (χ0n) is 9.50. The van der Waals surface area contributed by atoms with Gasteiger partial charge in [-0.1, -0.05) is 6.92 Å². The van der Waals surface area contributed by atoms with Crippen molar-refractivity contribution in [1.82, 2.24) is 0 Å². The minimum atomic E-state index is -0.528. The van der Waals surface area contributed by atoms with Crippen LogP contribution in [-0.4, -0.2) is 19.4 Å². The van der Waals surface area contributed by atoms with E-state index in [0.717, 1.165) is 0 Å². The SMILES string of the molecule is CCC(CN)C(=O)c1ccc(OC)c(F)c1. The highest BCUT2D eigenvalue weighted by Gasteiger charge is 2.18. The molecule has 0 radical (unpaired) electrons. The van der Waals surface area contributed by atoms with E-state index in [0.29, 0.717) is 12.0 Å². The molecule has 0 saturated carbocycles. The lowest BCUT2D eigenvalue weighted by Gasteiger charge is -2.11. The molecular formula is C12H16FNO2. The van der Waals surface area contributed by atoms with E-state index in [1.165, 1.54) is 19.2 Å². The maximum absolute atomic E-state index is 13.4. The quantitative estimate of drug-likeness (QED) is 0.780. The van der Waals surface area contributed by atoms with E-state index < -0.39 is 5.82 Å². The lowest BCUT2D eigenvalue weighted by atomic mass is 9.95. The fourth-order valence-corrected chi connectivity index (χ4v) is 1.51. The van der Waals surface area contributed by atoms with E-state index in [-0.39, 0.29) is 24.0 Å². The highest BCUT2D eigenvalue weighted by Crippen LogP contribution is 2.20. The molecule has 1 unspecified atom stereocenters. The first kappa shape index (κ1) is 12.6. The van der Waals surface area contributed by atoms with Crippen molar-refractivity contribution in [3.63, 3.8) is 0 Å². The van der Waals surface area contributed by atoms with Crippen LogP contribution in [0.4, 0.5) is 4.39 Å². The molecule has 1 aromatic carbocycles. The second kappa shape index (κ2) is 5.61. The van der Waals surface area contributed by atoms with Gasteiger partial charge in [0.05, 0.1) is 7.11 Å². The molecule has 0 fully saturated rings. The molecule has 1 rings (SSSR count). The van der Waals surface area contributed by atoms with E-state index in [1.54, 1.807) is 6.07 Å². The number of halogens is 1. The summed E-state index contributed by atoms with van der Waals surface area (Å²) in [7, 11) is 1.38. The molecule has 0 aliphatic carbocycles. The minimum Gasteiger partial charge on any atom is -0.494 e. The van der Waals surface area contributed by atoms with E-state index in [2.05, 4.69) is 0 Å². The highest BCUT2D eigenvalue weighted by molar-refractivity contribution is 5.98. The Hall–Kier alpha value is -1.42. The van der Waals surface area contributed by atoms with Gasteiger partial charge in [-0.3, -0.25) is 4.79 Å². The topological polar surface area (TPSA) is 52.3 Å². The van der Waals surface area contributed by atoms with Gasteiger partial charge in [0, 0.05) is 18.0 Å². The van der Waals surface area contributed by atoms with Crippen LogP contribution in [0.15, 0.2) is 18.2 Å².